The van der Waals surface area contributed by atoms with Crippen molar-refractivity contribution in [1.82, 2.24) is 4.98 Å². The van der Waals surface area contributed by atoms with E-state index in [2.05, 4.69) is 15.3 Å². The molecule has 6 nitrogen and oxygen atoms in total. The van der Waals surface area contributed by atoms with E-state index in [1.54, 1.807) is 18.3 Å². The van der Waals surface area contributed by atoms with Gasteiger partial charge in [-0.05, 0) is 12.1 Å². The van der Waals surface area contributed by atoms with Crippen LogP contribution in [0.2, 0.25) is 0 Å². The van der Waals surface area contributed by atoms with Gasteiger partial charge in [-0.15, -0.1) is 0 Å². The zero-order chi connectivity index (χ0) is 10.4. The molecule has 0 spiro atoms. The first kappa shape index (κ1) is 9.97. The fourth-order valence-electron chi connectivity index (χ4n) is 0.800. The lowest BCUT2D eigenvalue weighted by Crippen LogP contribution is -2.25. The average Bonchev–Trinajstić information content (AvgIpc) is 2.16. The van der Waals surface area contributed by atoms with Gasteiger partial charge in [0.15, 0.2) is 5.96 Å². The molecule has 0 fully saturated rings. The third-order valence-electron chi connectivity index (χ3n) is 1.35. The number of anilines is 1. The van der Waals surface area contributed by atoms with Crippen LogP contribution in [0, 0.1) is 0 Å². The van der Waals surface area contributed by atoms with Gasteiger partial charge < -0.3 is 16.8 Å². The third kappa shape index (κ3) is 3.53. The number of nitrogens with two attached hydrogens (primary N) is 2. The highest BCUT2D eigenvalue weighted by Crippen LogP contribution is 2.01. The van der Waals surface area contributed by atoms with Crippen molar-refractivity contribution in [3.05, 3.63) is 24.5 Å². The van der Waals surface area contributed by atoms with Crippen LogP contribution < -0.4 is 16.8 Å². The second kappa shape index (κ2) is 4.80. The summed E-state index contributed by atoms with van der Waals surface area (Å²) >= 11 is 0. The van der Waals surface area contributed by atoms with E-state index in [0.29, 0.717) is 5.69 Å². The molecule has 1 rings (SSSR count). The summed E-state index contributed by atoms with van der Waals surface area (Å²) in [6.45, 7) is -0.0861. The molecule has 0 atom stereocenters. The number of pyridine rings is 1. The Bertz CT molecular complexity index is 331. The van der Waals surface area contributed by atoms with Gasteiger partial charge in [0.05, 0.1) is 11.9 Å². The Morgan fingerprint density at radius 2 is 2.36 bits per heavy atom. The molecule has 5 N–H and O–H groups in total. The van der Waals surface area contributed by atoms with Gasteiger partial charge in [-0.25, -0.2) is 4.99 Å². The molecule has 1 amide bonds. The number of carbonyl (C=O) groups excluding carboxylic acids is 1. The summed E-state index contributed by atoms with van der Waals surface area (Å²) in [4.78, 5) is 18.6. The van der Waals surface area contributed by atoms with Crippen molar-refractivity contribution in [1.29, 1.82) is 0 Å². The van der Waals surface area contributed by atoms with E-state index in [1.807, 2.05) is 0 Å². The molecule has 1 heterocycles. The van der Waals surface area contributed by atoms with Crippen LogP contribution in [0.3, 0.4) is 0 Å². The van der Waals surface area contributed by atoms with E-state index < -0.39 is 0 Å². The molecule has 74 valence electrons. The maximum absolute atomic E-state index is 11.2. The molecular weight excluding hydrogens is 182 g/mol. The Labute approximate surface area is 81.0 Å². The van der Waals surface area contributed by atoms with Crippen LogP contribution in [-0.2, 0) is 4.79 Å². The maximum atomic E-state index is 11.2. The molecule has 0 aliphatic rings. The highest BCUT2D eigenvalue weighted by Gasteiger charge is 1.99. The monoisotopic (exact) mass is 193 g/mol. The van der Waals surface area contributed by atoms with E-state index in [0.717, 1.165) is 0 Å². The molecule has 1 aromatic rings. The lowest BCUT2D eigenvalue weighted by molar-refractivity contribution is -0.114. The lowest BCUT2D eigenvalue weighted by Gasteiger charge is -2.01. The first-order valence-electron chi connectivity index (χ1n) is 3.94. The number of nitrogens with one attached hydrogen (secondary N) is 1. The van der Waals surface area contributed by atoms with Crippen molar-refractivity contribution in [2.24, 2.45) is 16.5 Å². The molecule has 0 aromatic carbocycles. The first-order valence-corrected chi connectivity index (χ1v) is 3.94. The maximum Gasteiger partial charge on any atom is 0.246 e. The third-order valence-corrected chi connectivity index (χ3v) is 1.35. The fourth-order valence-corrected chi connectivity index (χ4v) is 0.800. The largest absolute Gasteiger partial charge is 0.370 e. The SMILES string of the molecule is NC(N)=NCC(=O)Nc1cccnc1. The molecular formula is C8H11N5O. The molecule has 1 aromatic heterocycles. The molecule has 0 radical (unpaired) electrons. The minimum absolute atomic E-state index is 0.0861. The van der Waals surface area contributed by atoms with E-state index in [1.165, 1.54) is 6.20 Å². The predicted octanol–water partition coefficient (Wildman–Crippen LogP) is -0.706. The molecule has 0 bridgehead atoms. The van der Waals surface area contributed by atoms with Gasteiger partial charge in [0.1, 0.15) is 6.54 Å². The van der Waals surface area contributed by atoms with Crippen molar-refractivity contribution in [3.63, 3.8) is 0 Å². The van der Waals surface area contributed by atoms with Crippen LogP contribution in [0.5, 0.6) is 0 Å². The Morgan fingerprint density at radius 1 is 1.57 bits per heavy atom. The van der Waals surface area contributed by atoms with Gasteiger partial charge in [0, 0.05) is 6.20 Å². The number of guanidine groups is 1. The zero-order valence-corrected chi connectivity index (χ0v) is 7.47. The minimum Gasteiger partial charge on any atom is -0.370 e. The molecule has 0 aliphatic heterocycles. The summed E-state index contributed by atoms with van der Waals surface area (Å²) in [6.07, 6.45) is 3.15. The van der Waals surface area contributed by atoms with Gasteiger partial charge in [-0.1, -0.05) is 0 Å². The van der Waals surface area contributed by atoms with E-state index in [-0.39, 0.29) is 18.4 Å². The number of hydrogen-bond donors (Lipinski definition) is 3. The number of nitrogens with zero attached hydrogens (tertiary/aromatic N) is 2. The topological polar surface area (TPSA) is 106 Å². The average molecular weight is 193 g/mol. The summed E-state index contributed by atoms with van der Waals surface area (Å²) in [6, 6.07) is 3.44. The second-order valence-electron chi connectivity index (χ2n) is 2.53. The van der Waals surface area contributed by atoms with Crippen molar-refractivity contribution in [3.8, 4) is 0 Å². The lowest BCUT2D eigenvalue weighted by atomic mass is 10.4. The number of rotatable bonds is 3. The first-order chi connectivity index (χ1) is 6.68. The van der Waals surface area contributed by atoms with Crippen LogP contribution in [0.15, 0.2) is 29.5 Å². The Morgan fingerprint density at radius 3 is 2.93 bits per heavy atom. The van der Waals surface area contributed by atoms with Crippen molar-refractivity contribution in [2.75, 3.05) is 11.9 Å². The Kier molecular flexibility index (Phi) is 3.42. The number of carbonyl (C=O) groups is 1. The van der Waals surface area contributed by atoms with Gasteiger partial charge in [-0.3, -0.25) is 9.78 Å². The number of amides is 1. The highest BCUT2D eigenvalue weighted by molar-refractivity contribution is 5.93. The van der Waals surface area contributed by atoms with Crippen LogP contribution >= 0.6 is 0 Å². The van der Waals surface area contributed by atoms with Crippen molar-refractivity contribution >= 4 is 17.6 Å². The minimum atomic E-state index is -0.286. The van der Waals surface area contributed by atoms with E-state index in [9.17, 15) is 4.79 Å². The van der Waals surface area contributed by atoms with Crippen LogP contribution in [0.25, 0.3) is 0 Å². The molecule has 6 heteroatoms. The fraction of sp³-hybridized carbons (Fsp3) is 0.125. The van der Waals surface area contributed by atoms with Crippen LogP contribution in [0.1, 0.15) is 0 Å². The summed E-state index contributed by atoms with van der Waals surface area (Å²) in [7, 11) is 0. The number of aromatic nitrogens is 1. The van der Waals surface area contributed by atoms with Crippen LogP contribution in [0.4, 0.5) is 5.69 Å². The second-order valence-corrected chi connectivity index (χ2v) is 2.53. The van der Waals surface area contributed by atoms with Crippen molar-refractivity contribution < 1.29 is 4.79 Å². The van der Waals surface area contributed by atoms with Gasteiger partial charge >= 0.3 is 0 Å². The number of hydrogen-bond acceptors (Lipinski definition) is 3. The van der Waals surface area contributed by atoms with E-state index >= 15 is 0 Å². The highest BCUT2D eigenvalue weighted by atomic mass is 16.1. The summed E-state index contributed by atoms with van der Waals surface area (Å²) < 4.78 is 0. The summed E-state index contributed by atoms with van der Waals surface area (Å²) in [5.41, 5.74) is 10.8. The Hall–Kier alpha value is -2.11. The normalized spacial score (nSPS) is 9.14. The molecule has 0 saturated heterocycles. The zero-order valence-electron chi connectivity index (χ0n) is 7.47. The summed E-state index contributed by atoms with van der Waals surface area (Å²) in [5.74, 6) is -0.391. The number of aliphatic imine (C=N–C) groups is 1. The van der Waals surface area contributed by atoms with Crippen LogP contribution in [-0.4, -0.2) is 23.4 Å². The molecule has 0 unspecified atom stereocenters. The predicted molar refractivity (Wildman–Crippen MR) is 53.5 cm³/mol. The van der Waals surface area contributed by atoms with Crippen molar-refractivity contribution in [2.45, 2.75) is 0 Å². The van der Waals surface area contributed by atoms with Gasteiger partial charge in [0.25, 0.3) is 0 Å². The Balaban J connectivity index is 2.46. The smallest absolute Gasteiger partial charge is 0.246 e. The molecule has 0 saturated carbocycles. The quantitative estimate of drug-likeness (QED) is 0.435. The molecule has 14 heavy (non-hydrogen) atoms. The van der Waals surface area contributed by atoms with Gasteiger partial charge in [0.2, 0.25) is 5.91 Å². The molecule has 0 aliphatic carbocycles. The van der Waals surface area contributed by atoms with Gasteiger partial charge in [-0.2, -0.15) is 0 Å². The van der Waals surface area contributed by atoms with E-state index in [4.69, 9.17) is 11.5 Å². The standard InChI is InChI=1S/C8H11N5O/c9-8(10)12-5-7(14)13-6-2-1-3-11-4-6/h1-4H,5H2,(H,13,14)(H4,9,10,12). The summed E-state index contributed by atoms with van der Waals surface area (Å²) in [5, 5.41) is 2.58.